The molecule has 0 heterocycles. The van der Waals surface area contributed by atoms with E-state index in [0.717, 1.165) is 12.0 Å². The van der Waals surface area contributed by atoms with Crippen LogP contribution in [0.2, 0.25) is 0 Å². The van der Waals surface area contributed by atoms with E-state index in [1.54, 1.807) is 19.2 Å². The molecule has 0 atom stereocenters. The van der Waals surface area contributed by atoms with Crippen molar-refractivity contribution in [2.75, 3.05) is 20.1 Å². The quantitative estimate of drug-likeness (QED) is 0.702. The number of carbonyl (C=O) groups is 1. The lowest BCUT2D eigenvalue weighted by Crippen LogP contribution is -2.32. The largest absolute Gasteiger partial charge is 0.358 e. The van der Waals surface area contributed by atoms with E-state index in [-0.39, 0.29) is 11.7 Å². The molecule has 0 aliphatic carbocycles. The Kier molecular flexibility index (Phi) is 4.77. The second kappa shape index (κ2) is 6.14. The SMILES string of the molecule is CNC(=O)CNCCc1ccc(F)cc1. The maximum atomic E-state index is 12.6. The van der Waals surface area contributed by atoms with Gasteiger partial charge in [-0.05, 0) is 30.7 Å². The van der Waals surface area contributed by atoms with Gasteiger partial charge in [-0.15, -0.1) is 0 Å². The molecule has 0 aliphatic rings. The monoisotopic (exact) mass is 210 g/mol. The molecule has 15 heavy (non-hydrogen) atoms. The van der Waals surface area contributed by atoms with Crippen molar-refractivity contribution >= 4 is 5.91 Å². The first-order valence-electron chi connectivity index (χ1n) is 4.88. The molecule has 0 saturated carbocycles. The smallest absolute Gasteiger partial charge is 0.233 e. The van der Waals surface area contributed by atoms with Crippen LogP contribution >= 0.6 is 0 Å². The Labute approximate surface area is 88.7 Å². The Balaban J connectivity index is 2.20. The van der Waals surface area contributed by atoms with E-state index >= 15 is 0 Å². The van der Waals surface area contributed by atoms with E-state index in [2.05, 4.69) is 10.6 Å². The molecule has 0 spiro atoms. The zero-order valence-corrected chi connectivity index (χ0v) is 8.72. The van der Waals surface area contributed by atoms with Crippen LogP contribution in [0.3, 0.4) is 0 Å². The Morgan fingerprint density at radius 2 is 2.00 bits per heavy atom. The summed E-state index contributed by atoms with van der Waals surface area (Å²) in [5.41, 5.74) is 1.06. The summed E-state index contributed by atoms with van der Waals surface area (Å²) in [6.07, 6.45) is 0.789. The fourth-order valence-corrected chi connectivity index (χ4v) is 1.17. The van der Waals surface area contributed by atoms with Crippen molar-refractivity contribution < 1.29 is 9.18 Å². The molecule has 82 valence electrons. The van der Waals surface area contributed by atoms with Crippen LogP contribution in [-0.2, 0) is 11.2 Å². The lowest BCUT2D eigenvalue weighted by Gasteiger charge is -2.03. The predicted molar refractivity (Wildman–Crippen MR) is 57.0 cm³/mol. The van der Waals surface area contributed by atoms with Gasteiger partial charge in [0.25, 0.3) is 0 Å². The Bertz CT molecular complexity index is 311. The van der Waals surface area contributed by atoms with E-state index < -0.39 is 0 Å². The second-order valence-corrected chi connectivity index (χ2v) is 3.23. The second-order valence-electron chi connectivity index (χ2n) is 3.23. The van der Waals surface area contributed by atoms with Gasteiger partial charge in [-0.1, -0.05) is 12.1 Å². The summed E-state index contributed by atoms with van der Waals surface area (Å²) in [6, 6.07) is 6.37. The predicted octanol–water partition coefficient (Wildman–Crippen LogP) is 0.704. The Morgan fingerprint density at radius 3 is 2.60 bits per heavy atom. The highest BCUT2D eigenvalue weighted by atomic mass is 19.1. The van der Waals surface area contributed by atoms with Crippen molar-refractivity contribution in [3.05, 3.63) is 35.6 Å². The maximum absolute atomic E-state index is 12.6. The van der Waals surface area contributed by atoms with Crippen LogP contribution < -0.4 is 10.6 Å². The standard InChI is InChI=1S/C11H15FN2O/c1-13-11(15)8-14-7-6-9-2-4-10(12)5-3-9/h2-5,14H,6-8H2,1H3,(H,13,15). The lowest BCUT2D eigenvalue weighted by molar-refractivity contribution is -0.119. The summed E-state index contributed by atoms with van der Waals surface area (Å²) < 4.78 is 12.6. The van der Waals surface area contributed by atoms with Crippen LogP contribution in [-0.4, -0.2) is 26.0 Å². The van der Waals surface area contributed by atoms with E-state index in [1.165, 1.54) is 12.1 Å². The lowest BCUT2D eigenvalue weighted by atomic mass is 10.1. The molecule has 1 amide bonds. The molecule has 0 saturated heterocycles. The summed E-state index contributed by atoms with van der Waals surface area (Å²) in [5, 5.41) is 5.51. The van der Waals surface area contributed by atoms with Crippen molar-refractivity contribution in [3.63, 3.8) is 0 Å². The maximum Gasteiger partial charge on any atom is 0.233 e. The third-order valence-electron chi connectivity index (χ3n) is 2.07. The minimum atomic E-state index is -0.225. The molecule has 0 aromatic heterocycles. The fraction of sp³-hybridized carbons (Fsp3) is 0.364. The van der Waals surface area contributed by atoms with E-state index in [0.29, 0.717) is 13.1 Å². The number of likely N-dealkylation sites (N-methyl/N-ethyl adjacent to an activating group) is 1. The fourth-order valence-electron chi connectivity index (χ4n) is 1.17. The summed E-state index contributed by atoms with van der Waals surface area (Å²) in [5.74, 6) is -0.258. The molecule has 0 bridgehead atoms. The summed E-state index contributed by atoms with van der Waals surface area (Å²) in [7, 11) is 1.60. The molecule has 0 aliphatic heterocycles. The molecule has 4 heteroatoms. The minimum Gasteiger partial charge on any atom is -0.358 e. The molecule has 0 fully saturated rings. The number of rotatable bonds is 5. The van der Waals surface area contributed by atoms with E-state index in [1.807, 2.05) is 0 Å². The van der Waals surface area contributed by atoms with Crippen molar-refractivity contribution in [1.82, 2.24) is 10.6 Å². The molecule has 1 rings (SSSR count). The highest BCUT2D eigenvalue weighted by Gasteiger charge is 1.97. The summed E-state index contributed by atoms with van der Waals surface area (Å²) >= 11 is 0. The van der Waals surface area contributed by atoms with E-state index in [4.69, 9.17) is 0 Å². The third-order valence-corrected chi connectivity index (χ3v) is 2.07. The minimum absolute atomic E-state index is 0.0332. The van der Waals surface area contributed by atoms with Gasteiger partial charge >= 0.3 is 0 Å². The van der Waals surface area contributed by atoms with Gasteiger partial charge in [0.2, 0.25) is 5.91 Å². The van der Waals surface area contributed by atoms with Crippen LogP contribution in [0.15, 0.2) is 24.3 Å². The van der Waals surface area contributed by atoms with Crippen LogP contribution in [0, 0.1) is 5.82 Å². The zero-order valence-electron chi connectivity index (χ0n) is 8.72. The molecule has 1 aromatic rings. The molecular weight excluding hydrogens is 195 g/mol. The van der Waals surface area contributed by atoms with Crippen LogP contribution in [0.25, 0.3) is 0 Å². The number of carbonyl (C=O) groups excluding carboxylic acids is 1. The van der Waals surface area contributed by atoms with Crippen molar-refractivity contribution in [1.29, 1.82) is 0 Å². The summed E-state index contributed by atoms with van der Waals surface area (Å²) in [6.45, 7) is 1.02. The van der Waals surface area contributed by atoms with Crippen molar-refractivity contribution in [2.45, 2.75) is 6.42 Å². The van der Waals surface area contributed by atoms with Gasteiger partial charge in [0.05, 0.1) is 6.54 Å². The first-order valence-corrected chi connectivity index (χ1v) is 4.88. The molecule has 0 unspecified atom stereocenters. The van der Waals surface area contributed by atoms with Gasteiger partial charge in [-0.25, -0.2) is 4.39 Å². The first kappa shape index (κ1) is 11.7. The molecule has 1 aromatic carbocycles. The number of benzene rings is 1. The van der Waals surface area contributed by atoms with Crippen molar-refractivity contribution in [2.24, 2.45) is 0 Å². The number of hydrogen-bond acceptors (Lipinski definition) is 2. The molecule has 2 N–H and O–H groups in total. The number of nitrogens with one attached hydrogen (secondary N) is 2. The summed E-state index contributed by atoms with van der Waals surface area (Å²) in [4.78, 5) is 10.8. The normalized spacial score (nSPS) is 10.0. The van der Waals surface area contributed by atoms with Gasteiger partial charge in [0, 0.05) is 7.05 Å². The average molecular weight is 210 g/mol. The van der Waals surface area contributed by atoms with Crippen LogP contribution in [0.1, 0.15) is 5.56 Å². The first-order chi connectivity index (χ1) is 7.22. The Morgan fingerprint density at radius 1 is 1.33 bits per heavy atom. The molecular formula is C11H15FN2O. The molecule has 3 nitrogen and oxygen atoms in total. The number of hydrogen-bond donors (Lipinski definition) is 2. The van der Waals surface area contributed by atoms with E-state index in [9.17, 15) is 9.18 Å². The highest BCUT2D eigenvalue weighted by Crippen LogP contribution is 2.02. The average Bonchev–Trinajstić information content (AvgIpc) is 2.26. The topological polar surface area (TPSA) is 41.1 Å². The van der Waals surface area contributed by atoms with Gasteiger partial charge in [0.1, 0.15) is 5.82 Å². The van der Waals surface area contributed by atoms with Crippen molar-refractivity contribution in [3.8, 4) is 0 Å². The molecule has 0 radical (unpaired) electrons. The van der Waals surface area contributed by atoms with Crippen LogP contribution in [0.5, 0.6) is 0 Å². The van der Waals surface area contributed by atoms with Gasteiger partial charge in [0.15, 0.2) is 0 Å². The zero-order chi connectivity index (χ0) is 11.1. The number of halogens is 1. The van der Waals surface area contributed by atoms with Crippen LogP contribution in [0.4, 0.5) is 4.39 Å². The Hall–Kier alpha value is -1.42. The third kappa shape index (κ3) is 4.56. The highest BCUT2D eigenvalue weighted by molar-refractivity contribution is 5.77. The number of amides is 1. The van der Waals surface area contributed by atoms with Gasteiger partial charge in [-0.2, -0.15) is 0 Å². The van der Waals surface area contributed by atoms with Gasteiger partial charge < -0.3 is 10.6 Å². The van der Waals surface area contributed by atoms with Gasteiger partial charge in [-0.3, -0.25) is 4.79 Å².